The second-order valence-electron chi connectivity index (χ2n) is 12.2. The third-order valence-corrected chi connectivity index (χ3v) is 10.7. The lowest BCUT2D eigenvalue weighted by Crippen LogP contribution is -1.93. The molecule has 47 heavy (non-hydrogen) atoms. The number of hydrogen-bond acceptors (Lipinski definition) is 1. The van der Waals surface area contributed by atoms with E-state index in [1.807, 2.05) is 11.3 Å². The molecular formula is C44H28N2S. The number of aromatic nitrogens is 2. The Bertz CT molecular complexity index is 2760. The first-order valence-corrected chi connectivity index (χ1v) is 16.8. The van der Waals surface area contributed by atoms with Crippen LogP contribution in [0.25, 0.3) is 86.6 Å². The molecule has 0 bridgehead atoms. The Labute approximate surface area is 276 Å². The van der Waals surface area contributed by atoms with Crippen molar-refractivity contribution in [3.05, 3.63) is 170 Å². The van der Waals surface area contributed by atoms with Crippen LogP contribution in [0.5, 0.6) is 0 Å². The van der Waals surface area contributed by atoms with Crippen molar-refractivity contribution in [2.24, 2.45) is 0 Å². The van der Waals surface area contributed by atoms with Crippen LogP contribution in [0.3, 0.4) is 0 Å². The Kier molecular flexibility index (Phi) is 5.78. The van der Waals surface area contributed by atoms with Gasteiger partial charge in [0.05, 0.1) is 26.8 Å². The summed E-state index contributed by atoms with van der Waals surface area (Å²) >= 11 is 1.89. The summed E-state index contributed by atoms with van der Waals surface area (Å²) in [5.74, 6) is 0. The molecule has 0 saturated heterocycles. The molecule has 0 fully saturated rings. The van der Waals surface area contributed by atoms with Gasteiger partial charge in [-0.05, 0) is 82.9 Å². The molecule has 220 valence electrons. The monoisotopic (exact) mass is 616 g/mol. The number of fused-ring (bicyclic) bond motifs is 8. The lowest BCUT2D eigenvalue weighted by atomic mass is 9.98. The van der Waals surface area contributed by atoms with Gasteiger partial charge in [-0.25, -0.2) is 0 Å². The van der Waals surface area contributed by atoms with E-state index < -0.39 is 0 Å². The second-order valence-corrected chi connectivity index (χ2v) is 13.2. The number of nitrogens with zero attached hydrogens (tertiary/aromatic N) is 2. The summed E-state index contributed by atoms with van der Waals surface area (Å²) in [7, 11) is 0. The fourth-order valence-electron chi connectivity index (χ4n) is 7.36. The molecule has 0 amide bonds. The molecule has 3 heteroatoms. The minimum atomic E-state index is 1.18. The van der Waals surface area contributed by atoms with Crippen LogP contribution in [-0.2, 0) is 0 Å². The molecule has 3 heterocycles. The Balaban J connectivity index is 1.08. The van der Waals surface area contributed by atoms with Crippen molar-refractivity contribution in [1.29, 1.82) is 0 Å². The summed E-state index contributed by atoms with van der Waals surface area (Å²) in [5, 5.41) is 5.15. The first-order valence-electron chi connectivity index (χ1n) is 16.0. The standard InChI is InChI=1S/C44H28N2S/c1-3-11-33(12-4-1)45-39-17-9-7-15-35(39)37-27-31(23-25-41(37)45)29-19-21-30(22-20-29)32-24-26-42-38(28-32)43-44(47-42)36-16-8-10-18-40(36)46(43)34-13-5-2-6-14-34/h1-28H. The highest BCUT2D eigenvalue weighted by Crippen LogP contribution is 2.43. The van der Waals surface area contributed by atoms with Gasteiger partial charge in [0.25, 0.3) is 0 Å². The maximum absolute atomic E-state index is 2.43. The van der Waals surface area contributed by atoms with Gasteiger partial charge in [-0.1, -0.05) is 109 Å². The zero-order valence-corrected chi connectivity index (χ0v) is 26.3. The van der Waals surface area contributed by atoms with Gasteiger partial charge >= 0.3 is 0 Å². The summed E-state index contributed by atoms with van der Waals surface area (Å²) in [6.45, 7) is 0. The second kappa shape index (κ2) is 10.3. The highest BCUT2D eigenvalue weighted by Gasteiger charge is 2.18. The number of thiophene rings is 1. The highest BCUT2D eigenvalue weighted by molar-refractivity contribution is 7.26. The molecule has 0 aliphatic rings. The van der Waals surface area contributed by atoms with E-state index in [4.69, 9.17) is 0 Å². The fourth-order valence-corrected chi connectivity index (χ4v) is 8.56. The van der Waals surface area contributed by atoms with E-state index >= 15 is 0 Å². The lowest BCUT2D eigenvalue weighted by Gasteiger charge is -2.09. The van der Waals surface area contributed by atoms with Crippen molar-refractivity contribution in [1.82, 2.24) is 9.13 Å². The van der Waals surface area contributed by atoms with Crippen LogP contribution < -0.4 is 0 Å². The van der Waals surface area contributed by atoms with Crippen molar-refractivity contribution < 1.29 is 0 Å². The zero-order valence-electron chi connectivity index (χ0n) is 25.5. The van der Waals surface area contributed by atoms with E-state index in [1.54, 1.807) is 0 Å². The van der Waals surface area contributed by atoms with Gasteiger partial charge in [-0.15, -0.1) is 11.3 Å². The van der Waals surface area contributed by atoms with E-state index in [0.717, 1.165) is 0 Å². The van der Waals surface area contributed by atoms with Gasteiger partial charge in [-0.3, -0.25) is 0 Å². The molecule has 0 aliphatic heterocycles. The molecule has 0 saturated carbocycles. The van der Waals surface area contributed by atoms with Crippen LogP contribution in [0.2, 0.25) is 0 Å². The zero-order chi connectivity index (χ0) is 30.9. The van der Waals surface area contributed by atoms with Crippen LogP contribution in [0.1, 0.15) is 0 Å². The van der Waals surface area contributed by atoms with Crippen LogP contribution in [0, 0.1) is 0 Å². The molecule has 10 aromatic rings. The quantitative estimate of drug-likeness (QED) is 0.186. The van der Waals surface area contributed by atoms with Crippen molar-refractivity contribution in [2.75, 3.05) is 0 Å². The molecule has 3 aromatic heterocycles. The summed E-state index contributed by atoms with van der Waals surface area (Å²) < 4.78 is 7.46. The van der Waals surface area contributed by atoms with Gasteiger partial charge in [0.15, 0.2) is 0 Å². The molecule has 2 nitrogen and oxygen atoms in total. The van der Waals surface area contributed by atoms with Gasteiger partial charge in [-0.2, -0.15) is 0 Å². The number of para-hydroxylation sites is 4. The fraction of sp³-hybridized carbons (Fsp3) is 0. The SMILES string of the molecule is c1ccc(-n2c3ccccc3c3cc(-c4ccc(-c5ccc6sc7c8ccccc8n(-c8ccccc8)c7c6c5)cc4)ccc32)cc1. The van der Waals surface area contributed by atoms with E-state index in [9.17, 15) is 0 Å². The Morgan fingerprint density at radius 1 is 0.340 bits per heavy atom. The topological polar surface area (TPSA) is 9.86 Å². The van der Waals surface area contributed by atoms with E-state index in [2.05, 4.69) is 179 Å². The molecule has 0 N–H and O–H groups in total. The minimum Gasteiger partial charge on any atom is -0.309 e. The van der Waals surface area contributed by atoms with Crippen molar-refractivity contribution in [2.45, 2.75) is 0 Å². The minimum absolute atomic E-state index is 1.18. The summed E-state index contributed by atoms with van der Waals surface area (Å²) in [5.41, 5.74) is 12.3. The number of benzene rings is 7. The van der Waals surface area contributed by atoms with Crippen molar-refractivity contribution >= 4 is 64.3 Å². The van der Waals surface area contributed by atoms with E-state index in [0.29, 0.717) is 0 Å². The van der Waals surface area contributed by atoms with E-state index in [-0.39, 0.29) is 0 Å². The smallest absolute Gasteiger partial charge is 0.0727 e. The predicted octanol–water partition coefficient (Wildman–Crippen LogP) is 12.4. The Morgan fingerprint density at radius 3 is 1.51 bits per heavy atom. The molecule has 7 aromatic carbocycles. The number of rotatable bonds is 4. The van der Waals surface area contributed by atoms with Crippen LogP contribution in [-0.4, -0.2) is 9.13 Å². The summed E-state index contributed by atoms with van der Waals surface area (Å²) in [4.78, 5) is 0. The normalized spacial score (nSPS) is 11.8. The van der Waals surface area contributed by atoms with Crippen molar-refractivity contribution in [3.8, 4) is 33.6 Å². The molecule has 0 radical (unpaired) electrons. The first kappa shape index (κ1) is 26.3. The van der Waals surface area contributed by atoms with Crippen molar-refractivity contribution in [3.63, 3.8) is 0 Å². The van der Waals surface area contributed by atoms with Gasteiger partial charge < -0.3 is 9.13 Å². The molecule has 0 atom stereocenters. The van der Waals surface area contributed by atoms with Gasteiger partial charge in [0.1, 0.15) is 0 Å². The average Bonchev–Trinajstić information content (AvgIpc) is 3.79. The predicted molar refractivity (Wildman–Crippen MR) is 201 cm³/mol. The van der Waals surface area contributed by atoms with Gasteiger partial charge in [0, 0.05) is 37.6 Å². The van der Waals surface area contributed by atoms with Crippen LogP contribution in [0.15, 0.2) is 170 Å². The van der Waals surface area contributed by atoms with E-state index in [1.165, 1.54) is 86.6 Å². The van der Waals surface area contributed by atoms with Crippen LogP contribution >= 0.6 is 11.3 Å². The average molecular weight is 617 g/mol. The first-order chi connectivity index (χ1) is 23.3. The van der Waals surface area contributed by atoms with Gasteiger partial charge in [0.2, 0.25) is 0 Å². The maximum atomic E-state index is 2.43. The molecule has 0 aliphatic carbocycles. The molecule has 0 unspecified atom stereocenters. The Hall–Kier alpha value is -5.90. The Morgan fingerprint density at radius 2 is 0.830 bits per heavy atom. The van der Waals surface area contributed by atoms with Crippen LogP contribution in [0.4, 0.5) is 0 Å². The highest BCUT2D eigenvalue weighted by atomic mass is 32.1. The third-order valence-electron chi connectivity index (χ3n) is 9.53. The molecule has 0 spiro atoms. The largest absolute Gasteiger partial charge is 0.309 e. The maximum Gasteiger partial charge on any atom is 0.0727 e. The number of hydrogen-bond donors (Lipinski definition) is 0. The third kappa shape index (κ3) is 4.04. The molecule has 10 rings (SSSR count). The lowest BCUT2D eigenvalue weighted by molar-refractivity contribution is 1.18. The summed E-state index contributed by atoms with van der Waals surface area (Å²) in [6.07, 6.45) is 0. The summed E-state index contributed by atoms with van der Waals surface area (Å²) in [6, 6.07) is 61.7. The molecular weight excluding hydrogens is 589 g/mol.